The monoisotopic (exact) mass is 562 g/mol. The zero-order chi connectivity index (χ0) is 28.7. The molecule has 0 aliphatic carbocycles. The van der Waals surface area contributed by atoms with E-state index in [-0.39, 0.29) is 46.8 Å². The number of hydrogen-bond donors (Lipinski definition) is 0. The number of alkyl halides is 3. The molecule has 0 radical (unpaired) electrons. The van der Waals surface area contributed by atoms with Gasteiger partial charge in [-0.25, -0.2) is 15.0 Å². The van der Waals surface area contributed by atoms with Gasteiger partial charge >= 0.3 is 6.36 Å². The van der Waals surface area contributed by atoms with Gasteiger partial charge in [0.15, 0.2) is 5.69 Å². The van der Waals surface area contributed by atoms with E-state index in [1.165, 1.54) is 61.3 Å². The molecule has 1 aromatic carbocycles. The highest BCUT2D eigenvalue weighted by atomic mass is 19.4. The molecule has 0 spiro atoms. The Hall–Kier alpha value is -4.94. The van der Waals surface area contributed by atoms with Crippen molar-refractivity contribution < 1.29 is 27.5 Å². The first-order valence-electron chi connectivity index (χ1n) is 12.7. The maximum atomic E-state index is 13.7. The fourth-order valence-electron chi connectivity index (χ4n) is 5.61. The molecule has 6 rings (SSSR count). The van der Waals surface area contributed by atoms with Crippen LogP contribution in [0.3, 0.4) is 0 Å². The minimum atomic E-state index is -4.81. The number of amides is 1. The van der Waals surface area contributed by atoms with Crippen molar-refractivity contribution in [2.45, 2.75) is 25.2 Å². The van der Waals surface area contributed by atoms with Crippen molar-refractivity contribution in [1.29, 1.82) is 0 Å². The lowest BCUT2D eigenvalue weighted by atomic mass is 9.80. The van der Waals surface area contributed by atoms with E-state index in [0.29, 0.717) is 36.3 Å². The van der Waals surface area contributed by atoms with Crippen molar-refractivity contribution in [2.24, 2.45) is 5.92 Å². The minimum absolute atomic E-state index is 0.0298. The first kappa shape index (κ1) is 26.3. The Labute approximate surface area is 230 Å². The fourth-order valence-corrected chi connectivity index (χ4v) is 5.61. The number of hydrogen-bond acceptors (Lipinski definition) is 8. The van der Waals surface area contributed by atoms with Gasteiger partial charge in [-0.15, -0.1) is 13.2 Å². The summed E-state index contributed by atoms with van der Waals surface area (Å²) in [6.07, 6.45) is 2.64. The van der Waals surface area contributed by atoms with Crippen LogP contribution in [0, 0.1) is 5.92 Å². The number of carbonyl (C=O) groups is 2. The minimum Gasteiger partial charge on any atom is -0.406 e. The maximum absolute atomic E-state index is 13.7. The van der Waals surface area contributed by atoms with E-state index in [0.717, 1.165) is 0 Å². The Bertz CT molecular complexity index is 1690. The molecule has 5 heterocycles. The smallest absolute Gasteiger partial charge is 0.406 e. The molecule has 0 unspecified atom stereocenters. The van der Waals surface area contributed by atoms with Crippen LogP contribution >= 0.6 is 0 Å². The Kier molecular flexibility index (Phi) is 6.56. The molecule has 208 valence electrons. The van der Waals surface area contributed by atoms with E-state index in [2.05, 4.69) is 24.7 Å². The van der Waals surface area contributed by atoms with Gasteiger partial charge in [-0.05, 0) is 36.1 Å². The molecule has 3 aromatic heterocycles. The zero-order valence-electron chi connectivity index (χ0n) is 21.3. The molecule has 2 atom stereocenters. The lowest BCUT2D eigenvalue weighted by molar-refractivity contribution is -0.274. The predicted octanol–water partition coefficient (Wildman–Crippen LogP) is 3.48. The number of rotatable bonds is 5. The first-order chi connectivity index (χ1) is 19.7. The third-order valence-electron chi connectivity index (χ3n) is 7.19. The van der Waals surface area contributed by atoms with Gasteiger partial charge in [0.2, 0.25) is 5.78 Å². The van der Waals surface area contributed by atoms with Crippen LogP contribution in [0.15, 0.2) is 72.2 Å². The molecule has 1 amide bonds. The predicted molar refractivity (Wildman–Crippen MR) is 137 cm³/mol. The molecular weight excluding hydrogens is 541 g/mol. The summed E-state index contributed by atoms with van der Waals surface area (Å²) in [5.41, 5.74) is 1.59. The molecule has 10 nitrogen and oxygen atoms in total. The van der Waals surface area contributed by atoms with Crippen LogP contribution < -0.4 is 10.3 Å². The standard InChI is InChI=1S/C28H21F3N6O4/c29-28(30,31)41-19-3-1-17(2-4-19)20-5-6-22(38)37-14-16-11-18(25(20)37)15-36(13-16)27(40)24-23(34-9-10-35-24)26(39)21-12-32-7-8-33-21/h1-10,12,16,18H,11,13-15H2/t16-,18+/m0/s1. The Morgan fingerprint density at radius 3 is 2.32 bits per heavy atom. The van der Waals surface area contributed by atoms with Crippen molar-refractivity contribution in [3.63, 3.8) is 0 Å². The Balaban J connectivity index is 1.32. The van der Waals surface area contributed by atoms with Crippen LogP contribution in [0.1, 0.15) is 44.7 Å². The molecule has 1 fully saturated rings. The second-order valence-electron chi connectivity index (χ2n) is 9.84. The van der Waals surface area contributed by atoms with Crippen LogP contribution in [-0.4, -0.2) is 60.5 Å². The van der Waals surface area contributed by atoms with Crippen LogP contribution in [0.2, 0.25) is 0 Å². The molecule has 0 saturated carbocycles. The number of fused-ring (bicyclic) bond motifs is 4. The molecule has 2 bridgehead atoms. The molecule has 4 aromatic rings. The summed E-state index contributed by atoms with van der Waals surface area (Å²) in [5.74, 6) is -1.67. The van der Waals surface area contributed by atoms with Crippen LogP contribution in [-0.2, 0) is 6.54 Å². The molecule has 2 aliphatic rings. The number of carbonyl (C=O) groups excluding carboxylic acids is 2. The van der Waals surface area contributed by atoms with Crippen LogP contribution in [0.25, 0.3) is 11.1 Å². The van der Waals surface area contributed by atoms with E-state index in [4.69, 9.17) is 0 Å². The number of nitrogens with zero attached hydrogens (tertiary/aromatic N) is 6. The van der Waals surface area contributed by atoms with Gasteiger partial charge in [0, 0.05) is 67.7 Å². The fraction of sp³-hybridized carbons (Fsp3) is 0.250. The lowest BCUT2D eigenvalue weighted by Crippen LogP contribution is -2.49. The summed E-state index contributed by atoms with van der Waals surface area (Å²) in [6, 6.07) is 8.53. The van der Waals surface area contributed by atoms with Crippen LogP contribution in [0.5, 0.6) is 5.75 Å². The number of ketones is 1. The number of halogens is 3. The van der Waals surface area contributed by atoms with Gasteiger partial charge in [-0.2, -0.15) is 0 Å². The quantitative estimate of drug-likeness (QED) is 0.339. The van der Waals surface area contributed by atoms with E-state index in [9.17, 15) is 27.6 Å². The number of benzene rings is 1. The number of likely N-dealkylation sites (tertiary alicyclic amines) is 1. The normalized spacial score (nSPS) is 18.0. The molecule has 41 heavy (non-hydrogen) atoms. The van der Waals surface area contributed by atoms with Crippen LogP contribution in [0.4, 0.5) is 13.2 Å². The zero-order valence-corrected chi connectivity index (χ0v) is 21.3. The summed E-state index contributed by atoms with van der Waals surface area (Å²) in [5, 5.41) is 0. The van der Waals surface area contributed by atoms with E-state index < -0.39 is 18.1 Å². The van der Waals surface area contributed by atoms with Crippen molar-refractivity contribution in [2.75, 3.05) is 13.1 Å². The topological polar surface area (TPSA) is 120 Å². The maximum Gasteiger partial charge on any atom is 0.573 e. The van der Waals surface area contributed by atoms with Crippen molar-refractivity contribution in [3.05, 3.63) is 101 Å². The van der Waals surface area contributed by atoms with Gasteiger partial charge < -0.3 is 14.2 Å². The summed E-state index contributed by atoms with van der Waals surface area (Å²) in [4.78, 5) is 57.5. The SMILES string of the molecule is O=C(c1cnccn1)c1nccnc1C(=O)N1C[C@@H]2C[C@H](C1)c1c(-c3ccc(OC(F)(F)F)cc3)ccc(=O)n1C2. The van der Waals surface area contributed by atoms with Crippen molar-refractivity contribution in [1.82, 2.24) is 29.4 Å². The number of piperidine rings is 1. The second kappa shape index (κ2) is 10.2. The highest BCUT2D eigenvalue weighted by Gasteiger charge is 2.39. The third-order valence-corrected chi connectivity index (χ3v) is 7.19. The highest BCUT2D eigenvalue weighted by molar-refractivity contribution is 6.12. The van der Waals surface area contributed by atoms with E-state index >= 15 is 0 Å². The molecule has 2 aliphatic heterocycles. The average Bonchev–Trinajstić information content (AvgIpc) is 2.97. The van der Waals surface area contributed by atoms with Gasteiger partial charge in [-0.3, -0.25) is 19.4 Å². The number of pyridine rings is 1. The first-order valence-corrected chi connectivity index (χ1v) is 12.7. The largest absolute Gasteiger partial charge is 0.573 e. The Morgan fingerprint density at radius 2 is 1.61 bits per heavy atom. The van der Waals surface area contributed by atoms with Gasteiger partial charge in [0.1, 0.15) is 17.1 Å². The third kappa shape index (κ3) is 5.17. The number of ether oxygens (including phenoxy) is 1. The Morgan fingerprint density at radius 1 is 0.878 bits per heavy atom. The molecule has 1 saturated heterocycles. The van der Waals surface area contributed by atoms with Gasteiger partial charge in [0.25, 0.3) is 11.5 Å². The van der Waals surface area contributed by atoms with Crippen molar-refractivity contribution in [3.8, 4) is 16.9 Å². The van der Waals surface area contributed by atoms with Gasteiger partial charge in [0.05, 0.1) is 6.20 Å². The summed E-state index contributed by atoms with van der Waals surface area (Å²) in [7, 11) is 0. The molecular formula is C28H21F3N6O4. The van der Waals surface area contributed by atoms with E-state index in [1.54, 1.807) is 15.5 Å². The summed E-state index contributed by atoms with van der Waals surface area (Å²) in [6.45, 7) is 0.962. The average molecular weight is 563 g/mol. The van der Waals surface area contributed by atoms with Crippen molar-refractivity contribution >= 4 is 11.7 Å². The lowest BCUT2D eigenvalue weighted by Gasteiger charge is -2.43. The molecule has 0 N–H and O–H groups in total. The highest BCUT2D eigenvalue weighted by Crippen LogP contribution is 2.40. The number of aromatic nitrogens is 5. The molecule has 13 heteroatoms. The summed E-state index contributed by atoms with van der Waals surface area (Å²) < 4.78 is 43.6. The van der Waals surface area contributed by atoms with Gasteiger partial charge in [-0.1, -0.05) is 12.1 Å². The van der Waals surface area contributed by atoms with E-state index in [1.807, 2.05) is 0 Å². The summed E-state index contributed by atoms with van der Waals surface area (Å²) >= 11 is 0. The second-order valence-corrected chi connectivity index (χ2v) is 9.84.